The van der Waals surface area contributed by atoms with E-state index in [0.717, 1.165) is 45.1 Å². The molecule has 1 aliphatic heterocycles. The number of ether oxygens (including phenoxy) is 1. The van der Waals surface area contributed by atoms with Gasteiger partial charge >= 0.3 is 6.09 Å². The second-order valence-electron chi connectivity index (χ2n) is 7.72. The van der Waals surface area contributed by atoms with Crippen LogP contribution in [0.1, 0.15) is 54.4 Å². The van der Waals surface area contributed by atoms with Gasteiger partial charge in [-0.25, -0.2) is 4.79 Å². The highest BCUT2D eigenvalue weighted by Crippen LogP contribution is 2.15. The summed E-state index contributed by atoms with van der Waals surface area (Å²) < 4.78 is 5.38. The first-order valence-electron chi connectivity index (χ1n) is 10.0. The zero-order valence-corrected chi connectivity index (χ0v) is 20.3. The van der Waals surface area contributed by atoms with Crippen molar-refractivity contribution in [3.8, 4) is 0 Å². The lowest BCUT2D eigenvalue weighted by molar-refractivity contribution is 0.00701. The van der Waals surface area contributed by atoms with Crippen molar-refractivity contribution in [3.05, 3.63) is 0 Å². The third-order valence-corrected chi connectivity index (χ3v) is 4.27. The van der Waals surface area contributed by atoms with Gasteiger partial charge in [0.25, 0.3) is 0 Å². The first kappa shape index (κ1) is 26.2. The molecule has 0 bridgehead atoms. The van der Waals surface area contributed by atoms with Gasteiger partial charge in [-0.15, -0.1) is 24.0 Å². The van der Waals surface area contributed by atoms with E-state index in [-0.39, 0.29) is 36.1 Å². The SMILES string of the molecule is CCNC(=NCCCCN(CC)CC)NC1CN(C(=O)OC(C)(C)C)C1.I. The lowest BCUT2D eigenvalue weighted by Crippen LogP contribution is -2.63. The first-order valence-corrected chi connectivity index (χ1v) is 10.0. The van der Waals surface area contributed by atoms with Gasteiger partial charge in [0.1, 0.15) is 5.60 Å². The molecule has 8 heteroatoms. The molecule has 0 aliphatic carbocycles. The molecule has 1 amide bonds. The van der Waals surface area contributed by atoms with Crippen LogP contribution in [0, 0.1) is 0 Å². The predicted octanol–water partition coefficient (Wildman–Crippen LogP) is 2.90. The van der Waals surface area contributed by atoms with Crippen LogP contribution in [-0.4, -0.2) is 79.3 Å². The molecule has 1 fully saturated rings. The zero-order chi connectivity index (χ0) is 19.6. The minimum atomic E-state index is -0.447. The van der Waals surface area contributed by atoms with E-state index in [4.69, 9.17) is 4.74 Å². The molecule has 0 atom stereocenters. The number of guanidine groups is 1. The Labute approximate surface area is 182 Å². The summed E-state index contributed by atoms with van der Waals surface area (Å²) in [7, 11) is 0. The Balaban J connectivity index is 0.00000676. The Bertz CT molecular complexity index is 444. The second-order valence-corrected chi connectivity index (χ2v) is 7.72. The Morgan fingerprint density at radius 3 is 2.33 bits per heavy atom. The maximum atomic E-state index is 12.0. The number of carbonyl (C=O) groups excluding carboxylic acids is 1. The van der Waals surface area contributed by atoms with Gasteiger partial charge < -0.3 is 25.2 Å². The standard InChI is InChI=1S/C19H39N5O2.HI/c1-7-20-17(21-12-10-11-13-23(8-2)9-3)22-16-14-24(15-16)18(25)26-19(4,5)6;/h16H,7-15H2,1-6H3,(H2,20,21,22);1H. The number of nitrogens with one attached hydrogen (secondary N) is 2. The van der Waals surface area contributed by atoms with E-state index in [2.05, 4.69) is 41.3 Å². The van der Waals surface area contributed by atoms with E-state index in [1.54, 1.807) is 4.90 Å². The minimum Gasteiger partial charge on any atom is -0.444 e. The quantitative estimate of drug-likeness (QED) is 0.222. The van der Waals surface area contributed by atoms with Gasteiger partial charge in [0.15, 0.2) is 5.96 Å². The number of hydrogen-bond acceptors (Lipinski definition) is 4. The molecule has 1 rings (SSSR count). The van der Waals surface area contributed by atoms with Crippen LogP contribution in [0.3, 0.4) is 0 Å². The normalized spacial score (nSPS) is 15.2. The van der Waals surface area contributed by atoms with E-state index in [0.29, 0.717) is 13.1 Å². The minimum absolute atomic E-state index is 0. The number of hydrogen-bond donors (Lipinski definition) is 2. The Morgan fingerprint density at radius 1 is 1.19 bits per heavy atom. The zero-order valence-electron chi connectivity index (χ0n) is 18.0. The van der Waals surface area contributed by atoms with Crippen LogP contribution in [0.4, 0.5) is 4.79 Å². The van der Waals surface area contributed by atoms with Crippen molar-refractivity contribution in [2.24, 2.45) is 4.99 Å². The van der Waals surface area contributed by atoms with Crippen LogP contribution in [0.25, 0.3) is 0 Å². The van der Waals surface area contributed by atoms with Gasteiger partial charge in [0, 0.05) is 26.2 Å². The van der Waals surface area contributed by atoms with Crippen LogP contribution in [0.15, 0.2) is 4.99 Å². The summed E-state index contributed by atoms with van der Waals surface area (Å²) in [5, 5.41) is 6.68. The monoisotopic (exact) mass is 497 g/mol. The maximum absolute atomic E-state index is 12.0. The fourth-order valence-corrected chi connectivity index (χ4v) is 2.74. The third kappa shape index (κ3) is 11.0. The Morgan fingerprint density at radius 2 is 1.81 bits per heavy atom. The van der Waals surface area contributed by atoms with Crippen molar-refractivity contribution in [1.29, 1.82) is 0 Å². The lowest BCUT2D eigenvalue weighted by Gasteiger charge is -2.40. The van der Waals surface area contributed by atoms with Gasteiger partial charge in [-0.3, -0.25) is 4.99 Å². The number of carbonyl (C=O) groups is 1. The average Bonchev–Trinajstić information content (AvgIpc) is 2.51. The van der Waals surface area contributed by atoms with E-state index in [1.807, 2.05) is 20.8 Å². The number of amides is 1. The van der Waals surface area contributed by atoms with Gasteiger partial charge in [0.2, 0.25) is 0 Å². The summed E-state index contributed by atoms with van der Waals surface area (Å²) in [4.78, 5) is 20.8. The largest absolute Gasteiger partial charge is 0.444 e. The van der Waals surface area contributed by atoms with Crippen LogP contribution in [-0.2, 0) is 4.74 Å². The molecular weight excluding hydrogens is 457 g/mol. The summed E-state index contributed by atoms with van der Waals surface area (Å²) in [5.41, 5.74) is -0.447. The van der Waals surface area contributed by atoms with Crippen molar-refractivity contribution in [2.45, 2.75) is 66.0 Å². The van der Waals surface area contributed by atoms with E-state index in [9.17, 15) is 4.79 Å². The average molecular weight is 497 g/mol. The molecule has 0 aromatic rings. The third-order valence-electron chi connectivity index (χ3n) is 4.27. The van der Waals surface area contributed by atoms with Crippen molar-refractivity contribution in [3.63, 3.8) is 0 Å². The smallest absolute Gasteiger partial charge is 0.410 e. The predicted molar refractivity (Wildman–Crippen MR) is 123 cm³/mol. The first-order chi connectivity index (χ1) is 12.3. The molecule has 2 N–H and O–H groups in total. The fourth-order valence-electron chi connectivity index (χ4n) is 2.74. The number of rotatable bonds is 9. The highest BCUT2D eigenvalue weighted by Gasteiger charge is 2.34. The van der Waals surface area contributed by atoms with Gasteiger partial charge in [-0.05, 0) is 60.2 Å². The topological polar surface area (TPSA) is 69.2 Å². The second kappa shape index (κ2) is 13.4. The molecular formula is C19H40IN5O2. The molecule has 1 saturated heterocycles. The van der Waals surface area contributed by atoms with Gasteiger partial charge in [-0.2, -0.15) is 0 Å². The van der Waals surface area contributed by atoms with Crippen molar-refractivity contribution in [1.82, 2.24) is 20.4 Å². The van der Waals surface area contributed by atoms with Crippen LogP contribution in [0.2, 0.25) is 0 Å². The van der Waals surface area contributed by atoms with Gasteiger partial charge in [0.05, 0.1) is 6.04 Å². The molecule has 27 heavy (non-hydrogen) atoms. The van der Waals surface area contributed by atoms with E-state index < -0.39 is 5.60 Å². The molecule has 1 heterocycles. The number of unbranched alkanes of at least 4 members (excludes halogenated alkanes) is 1. The van der Waals surface area contributed by atoms with Crippen LogP contribution < -0.4 is 10.6 Å². The summed E-state index contributed by atoms with van der Waals surface area (Å²) >= 11 is 0. The summed E-state index contributed by atoms with van der Waals surface area (Å²) in [6.07, 6.45) is 2.01. The van der Waals surface area contributed by atoms with E-state index in [1.165, 1.54) is 6.42 Å². The summed E-state index contributed by atoms with van der Waals surface area (Å²) in [5.74, 6) is 0.837. The fraction of sp³-hybridized carbons (Fsp3) is 0.895. The number of nitrogens with zero attached hydrogens (tertiary/aromatic N) is 3. The molecule has 0 spiro atoms. The lowest BCUT2D eigenvalue weighted by atomic mass is 10.1. The Kier molecular flexibility index (Phi) is 13.0. The molecule has 0 radical (unpaired) electrons. The summed E-state index contributed by atoms with van der Waals surface area (Å²) in [6, 6.07) is 0.232. The van der Waals surface area contributed by atoms with Gasteiger partial charge in [-0.1, -0.05) is 13.8 Å². The molecule has 0 saturated carbocycles. The van der Waals surface area contributed by atoms with Crippen molar-refractivity contribution < 1.29 is 9.53 Å². The molecule has 0 aromatic heterocycles. The highest BCUT2D eigenvalue weighted by atomic mass is 127. The number of halogens is 1. The van der Waals surface area contributed by atoms with Crippen molar-refractivity contribution in [2.75, 3.05) is 45.8 Å². The number of likely N-dealkylation sites (tertiary alicyclic amines) is 1. The molecule has 160 valence electrons. The van der Waals surface area contributed by atoms with Crippen LogP contribution in [0.5, 0.6) is 0 Å². The Hall–Kier alpha value is -0.770. The molecule has 7 nitrogen and oxygen atoms in total. The molecule has 0 aromatic carbocycles. The summed E-state index contributed by atoms with van der Waals surface area (Å²) in [6.45, 7) is 18.4. The maximum Gasteiger partial charge on any atom is 0.410 e. The van der Waals surface area contributed by atoms with Crippen LogP contribution >= 0.6 is 24.0 Å². The molecule has 1 aliphatic rings. The molecule has 0 unspecified atom stereocenters. The van der Waals surface area contributed by atoms with Crippen molar-refractivity contribution >= 4 is 36.0 Å². The van der Waals surface area contributed by atoms with E-state index >= 15 is 0 Å². The highest BCUT2D eigenvalue weighted by molar-refractivity contribution is 14.0. The number of aliphatic imine (C=N–C) groups is 1.